The Morgan fingerprint density at radius 3 is 2.43 bits per heavy atom. The molecule has 2 N–H and O–H groups in total. The van der Waals surface area contributed by atoms with Crippen molar-refractivity contribution in [1.29, 1.82) is 0 Å². The van der Waals surface area contributed by atoms with E-state index in [1.165, 1.54) is 18.3 Å². The second-order valence-corrected chi connectivity index (χ2v) is 9.69. The molecule has 3 aromatic rings. The van der Waals surface area contributed by atoms with Gasteiger partial charge in [0.1, 0.15) is 11.0 Å². The number of carbonyl (C=O) groups is 2. The molecule has 0 bridgehead atoms. The van der Waals surface area contributed by atoms with Crippen LogP contribution < -0.4 is 10.6 Å². The molecule has 2 amide bonds. The number of carbonyl (C=O) groups excluding carboxylic acids is 2. The number of anilines is 2. The molecule has 3 rings (SSSR count). The first-order valence-electron chi connectivity index (χ1n) is 8.49. The van der Waals surface area contributed by atoms with Gasteiger partial charge in [0.2, 0.25) is 11.8 Å². The summed E-state index contributed by atoms with van der Waals surface area (Å²) in [7, 11) is -3.98. The Morgan fingerprint density at radius 1 is 1.07 bits per heavy atom. The van der Waals surface area contributed by atoms with Crippen molar-refractivity contribution >= 4 is 54.0 Å². The largest absolute Gasteiger partial charge is 0.325 e. The smallest absolute Gasteiger partial charge is 0.244 e. The van der Waals surface area contributed by atoms with E-state index >= 15 is 0 Å². The number of rotatable bonds is 6. The first-order chi connectivity index (χ1) is 13.2. The van der Waals surface area contributed by atoms with E-state index in [1.807, 2.05) is 25.1 Å². The maximum absolute atomic E-state index is 12.5. The van der Waals surface area contributed by atoms with Gasteiger partial charge in [0, 0.05) is 5.69 Å². The highest BCUT2D eigenvalue weighted by Gasteiger charge is 2.31. The Hall–Kier alpha value is -2.78. The van der Waals surface area contributed by atoms with E-state index in [0.29, 0.717) is 10.8 Å². The van der Waals surface area contributed by atoms with Crippen LogP contribution in [0.15, 0.2) is 48.5 Å². The van der Waals surface area contributed by atoms with Gasteiger partial charge in [-0.25, -0.2) is 13.4 Å². The molecule has 0 spiro atoms. The topological polar surface area (TPSA) is 105 Å². The molecule has 0 aliphatic carbocycles. The summed E-state index contributed by atoms with van der Waals surface area (Å²) >= 11 is 1.25. The van der Waals surface area contributed by atoms with Crippen molar-refractivity contribution in [2.24, 2.45) is 0 Å². The zero-order valence-electron chi connectivity index (χ0n) is 15.3. The van der Waals surface area contributed by atoms with Crippen LogP contribution in [0.5, 0.6) is 0 Å². The van der Waals surface area contributed by atoms with Gasteiger partial charge in [0.15, 0.2) is 15.0 Å². The zero-order chi connectivity index (χ0) is 20.3. The summed E-state index contributed by atoms with van der Waals surface area (Å²) < 4.78 is 25.8. The fourth-order valence-corrected chi connectivity index (χ4v) is 4.38. The molecule has 28 heavy (non-hydrogen) atoms. The van der Waals surface area contributed by atoms with Gasteiger partial charge in [-0.3, -0.25) is 9.59 Å². The predicted octanol–water partition coefficient (Wildman–Crippen LogP) is 2.99. The molecule has 1 unspecified atom stereocenters. The number of hydrogen-bond donors (Lipinski definition) is 2. The molecule has 1 atom stereocenters. The number of sulfone groups is 1. The SMILES string of the molecule is Cc1ccc(NC(=O)CS(=O)(=O)C(C)C(=O)Nc2nc3ccccc3s2)cc1. The van der Waals surface area contributed by atoms with Crippen molar-refractivity contribution in [3.05, 3.63) is 54.1 Å². The van der Waals surface area contributed by atoms with Crippen LogP contribution >= 0.6 is 11.3 Å². The number of nitrogens with zero attached hydrogens (tertiary/aromatic N) is 1. The van der Waals surface area contributed by atoms with Crippen molar-refractivity contribution in [2.75, 3.05) is 16.4 Å². The lowest BCUT2D eigenvalue weighted by atomic mass is 10.2. The van der Waals surface area contributed by atoms with E-state index in [0.717, 1.165) is 15.8 Å². The van der Waals surface area contributed by atoms with Crippen LogP contribution in [-0.4, -0.2) is 36.2 Å². The highest BCUT2D eigenvalue weighted by molar-refractivity contribution is 7.93. The first-order valence-corrected chi connectivity index (χ1v) is 11.0. The molecule has 0 saturated carbocycles. The molecular weight excluding hydrogens is 398 g/mol. The average molecular weight is 418 g/mol. The van der Waals surface area contributed by atoms with Crippen molar-refractivity contribution in [2.45, 2.75) is 19.1 Å². The van der Waals surface area contributed by atoms with E-state index < -0.39 is 32.7 Å². The highest BCUT2D eigenvalue weighted by atomic mass is 32.2. The van der Waals surface area contributed by atoms with Crippen LogP contribution in [0, 0.1) is 6.92 Å². The minimum atomic E-state index is -3.98. The molecule has 2 aromatic carbocycles. The lowest BCUT2D eigenvalue weighted by molar-refractivity contribution is -0.115. The van der Waals surface area contributed by atoms with Gasteiger partial charge in [0.05, 0.1) is 10.2 Å². The van der Waals surface area contributed by atoms with Crippen LogP contribution in [0.3, 0.4) is 0 Å². The van der Waals surface area contributed by atoms with Crippen LogP contribution in [-0.2, 0) is 19.4 Å². The van der Waals surface area contributed by atoms with Gasteiger partial charge in [-0.1, -0.05) is 41.2 Å². The molecule has 1 heterocycles. The molecule has 0 fully saturated rings. The number of aromatic nitrogens is 1. The second kappa shape index (κ2) is 8.07. The summed E-state index contributed by atoms with van der Waals surface area (Å²) in [5.41, 5.74) is 2.24. The molecule has 146 valence electrons. The maximum atomic E-state index is 12.5. The monoisotopic (exact) mass is 417 g/mol. The van der Waals surface area contributed by atoms with Crippen molar-refractivity contribution < 1.29 is 18.0 Å². The first kappa shape index (κ1) is 20.0. The third kappa shape index (κ3) is 4.73. The van der Waals surface area contributed by atoms with Gasteiger partial charge >= 0.3 is 0 Å². The van der Waals surface area contributed by atoms with E-state index in [2.05, 4.69) is 15.6 Å². The number of fused-ring (bicyclic) bond motifs is 1. The molecule has 0 aliphatic rings. The number of benzene rings is 2. The van der Waals surface area contributed by atoms with Crippen LogP contribution in [0.25, 0.3) is 10.2 Å². The second-order valence-electron chi connectivity index (χ2n) is 6.34. The van der Waals surface area contributed by atoms with Crippen molar-refractivity contribution in [1.82, 2.24) is 4.98 Å². The number of amides is 2. The van der Waals surface area contributed by atoms with E-state index in [9.17, 15) is 18.0 Å². The molecule has 9 heteroatoms. The van der Waals surface area contributed by atoms with Crippen molar-refractivity contribution in [3.8, 4) is 0 Å². The number of thiazole rings is 1. The van der Waals surface area contributed by atoms with E-state index in [1.54, 1.807) is 30.3 Å². The molecular formula is C19H19N3O4S2. The van der Waals surface area contributed by atoms with E-state index in [-0.39, 0.29) is 0 Å². The minimum absolute atomic E-state index is 0.317. The van der Waals surface area contributed by atoms with Gasteiger partial charge in [-0.05, 0) is 38.1 Å². The fourth-order valence-electron chi connectivity index (χ4n) is 2.44. The van der Waals surface area contributed by atoms with Gasteiger partial charge in [0.25, 0.3) is 0 Å². The van der Waals surface area contributed by atoms with Crippen molar-refractivity contribution in [3.63, 3.8) is 0 Å². The average Bonchev–Trinajstić information content (AvgIpc) is 3.04. The Morgan fingerprint density at radius 2 is 1.75 bits per heavy atom. The number of nitrogens with one attached hydrogen (secondary N) is 2. The van der Waals surface area contributed by atoms with Gasteiger partial charge in [-0.2, -0.15) is 0 Å². The highest BCUT2D eigenvalue weighted by Crippen LogP contribution is 2.25. The quantitative estimate of drug-likeness (QED) is 0.641. The molecule has 7 nitrogen and oxygen atoms in total. The van der Waals surface area contributed by atoms with Gasteiger partial charge < -0.3 is 10.6 Å². The molecule has 0 saturated heterocycles. The summed E-state index contributed by atoms with van der Waals surface area (Å²) in [5, 5.41) is 3.98. The van der Waals surface area contributed by atoms with Crippen LogP contribution in [0.2, 0.25) is 0 Å². The fraction of sp³-hybridized carbons (Fsp3) is 0.211. The number of hydrogen-bond acceptors (Lipinski definition) is 6. The third-order valence-corrected chi connectivity index (χ3v) is 7.01. The Kier molecular flexibility index (Phi) is 5.76. The summed E-state index contributed by atoms with van der Waals surface area (Å²) in [6.07, 6.45) is 0. The van der Waals surface area contributed by atoms with Crippen LogP contribution in [0.1, 0.15) is 12.5 Å². The summed E-state index contributed by atoms with van der Waals surface area (Å²) in [5.74, 6) is -2.19. The molecule has 0 aliphatic heterocycles. The Labute approximate surface area is 166 Å². The summed E-state index contributed by atoms with van der Waals surface area (Å²) in [4.78, 5) is 28.7. The zero-order valence-corrected chi connectivity index (χ0v) is 16.9. The Bertz CT molecular complexity index is 1090. The predicted molar refractivity (Wildman–Crippen MR) is 111 cm³/mol. The number of aryl methyl sites for hydroxylation is 1. The molecule has 1 aromatic heterocycles. The molecule has 0 radical (unpaired) electrons. The summed E-state index contributed by atoms with van der Waals surface area (Å²) in [6.45, 7) is 3.17. The standard InChI is InChI=1S/C19H19N3O4S2/c1-12-7-9-14(10-8-12)20-17(23)11-28(25,26)13(2)18(24)22-19-21-15-5-3-4-6-16(15)27-19/h3-10,13H,11H2,1-2H3,(H,20,23)(H,21,22,24). The van der Waals surface area contributed by atoms with Gasteiger partial charge in [-0.15, -0.1) is 0 Å². The Balaban J connectivity index is 1.63. The lowest BCUT2D eigenvalue weighted by Crippen LogP contribution is -2.37. The third-order valence-electron chi connectivity index (χ3n) is 4.10. The van der Waals surface area contributed by atoms with E-state index in [4.69, 9.17) is 0 Å². The number of para-hydroxylation sites is 1. The maximum Gasteiger partial charge on any atom is 0.244 e. The summed E-state index contributed by atoms with van der Waals surface area (Å²) in [6, 6.07) is 14.3. The lowest BCUT2D eigenvalue weighted by Gasteiger charge is -2.12. The van der Waals surface area contributed by atoms with Crippen LogP contribution in [0.4, 0.5) is 10.8 Å². The normalized spacial score (nSPS) is 12.5. The minimum Gasteiger partial charge on any atom is -0.325 e.